The highest BCUT2D eigenvalue weighted by molar-refractivity contribution is 14.1. The zero-order valence-electron chi connectivity index (χ0n) is 12.5. The summed E-state index contributed by atoms with van der Waals surface area (Å²) in [6.07, 6.45) is 0. The Labute approximate surface area is 158 Å². The molecule has 122 valence electrons. The van der Waals surface area contributed by atoms with Crippen LogP contribution in [0.3, 0.4) is 0 Å². The summed E-state index contributed by atoms with van der Waals surface area (Å²) < 4.78 is 11.6. The molecular weight excluding hydrogens is 452 g/mol. The molecule has 0 aromatic heterocycles. The van der Waals surface area contributed by atoms with E-state index < -0.39 is 0 Å². The Kier molecular flexibility index (Phi) is 6.38. The molecule has 0 saturated heterocycles. The monoisotopic (exact) mass is 465 g/mol. The first-order valence-corrected chi connectivity index (χ1v) is 8.56. The Morgan fingerprint density at radius 1 is 1.26 bits per heavy atom. The molecule has 4 nitrogen and oxygen atoms in total. The van der Waals surface area contributed by atoms with E-state index >= 15 is 0 Å². The summed E-state index contributed by atoms with van der Waals surface area (Å²) >= 11 is 14.1. The highest BCUT2D eigenvalue weighted by atomic mass is 127. The number of amides is 1. The zero-order valence-corrected chi connectivity index (χ0v) is 16.1. The molecule has 0 aliphatic heterocycles. The van der Waals surface area contributed by atoms with E-state index in [1.807, 2.05) is 6.92 Å². The Bertz CT molecular complexity index is 738. The van der Waals surface area contributed by atoms with Gasteiger partial charge in [0.25, 0.3) is 5.91 Å². The normalized spacial score (nSPS) is 10.3. The smallest absolute Gasteiger partial charge is 0.255 e. The van der Waals surface area contributed by atoms with Gasteiger partial charge < -0.3 is 14.8 Å². The van der Waals surface area contributed by atoms with Crippen molar-refractivity contribution in [2.24, 2.45) is 0 Å². The third kappa shape index (κ3) is 4.43. The van der Waals surface area contributed by atoms with Crippen molar-refractivity contribution in [1.29, 1.82) is 0 Å². The fourth-order valence-electron chi connectivity index (χ4n) is 1.95. The first-order valence-electron chi connectivity index (χ1n) is 6.73. The molecule has 0 radical (unpaired) electrons. The number of carbonyl (C=O) groups is 1. The average Bonchev–Trinajstić information content (AvgIpc) is 2.51. The molecule has 0 heterocycles. The molecular formula is C16H14Cl2INO3. The first-order chi connectivity index (χ1) is 11.0. The fourth-order valence-corrected chi connectivity index (χ4v) is 3.11. The van der Waals surface area contributed by atoms with Crippen molar-refractivity contribution in [3.05, 3.63) is 49.5 Å². The molecule has 0 atom stereocenters. The van der Waals surface area contributed by atoms with Crippen LogP contribution in [0.2, 0.25) is 10.0 Å². The molecule has 0 unspecified atom stereocenters. The SMILES string of the molecule is CCOc1cc(C(=O)Nc2cc(Cl)ccc2Cl)cc(I)c1OC. The van der Waals surface area contributed by atoms with Gasteiger partial charge in [0.2, 0.25) is 0 Å². The van der Waals surface area contributed by atoms with E-state index in [0.717, 1.165) is 3.57 Å². The maximum Gasteiger partial charge on any atom is 0.255 e. The van der Waals surface area contributed by atoms with Crippen molar-refractivity contribution in [3.63, 3.8) is 0 Å². The average molecular weight is 466 g/mol. The maximum atomic E-state index is 12.5. The Hall–Kier alpha value is -1.18. The molecule has 1 N–H and O–H groups in total. The van der Waals surface area contributed by atoms with Crippen molar-refractivity contribution in [1.82, 2.24) is 0 Å². The minimum atomic E-state index is -0.310. The number of benzene rings is 2. The van der Waals surface area contributed by atoms with Crippen LogP contribution in [0.25, 0.3) is 0 Å². The lowest BCUT2D eigenvalue weighted by Crippen LogP contribution is -2.13. The van der Waals surface area contributed by atoms with E-state index in [9.17, 15) is 4.79 Å². The summed E-state index contributed by atoms with van der Waals surface area (Å²) in [5.41, 5.74) is 0.891. The summed E-state index contributed by atoms with van der Waals surface area (Å²) in [5.74, 6) is 0.810. The highest BCUT2D eigenvalue weighted by Crippen LogP contribution is 2.34. The molecule has 2 rings (SSSR count). The fraction of sp³-hybridized carbons (Fsp3) is 0.188. The van der Waals surface area contributed by atoms with Crippen molar-refractivity contribution in [2.75, 3.05) is 19.0 Å². The van der Waals surface area contributed by atoms with Gasteiger partial charge in [-0.05, 0) is 59.8 Å². The van der Waals surface area contributed by atoms with E-state index in [1.54, 1.807) is 37.4 Å². The van der Waals surface area contributed by atoms with Gasteiger partial charge in [0.1, 0.15) is 0 Å². The molecule has 0 saturated carbocycles. The van der Waals surface area contributed by atoms with Gasteiger partial charge in [0.15, 0.2) is 11.5 Å². The number of anilines is 1. The molecule has 0 fully saturated rings. The molecule has 0 aliphatic rings. The quantitative estimate of drug-likeness (QED) is 0.613. The van der Waals surface area contributed by atoms with Crippen LogP contribution >= 0.6 is 45.8 Å². The number of nitrogens with one attached hydrogen (secondary N) is 1. The predicted octanol–water partition coefficient (Wildman–Crippen LogP) is 5.26. The van der Waals surface area contributed by atoms with E-state index in [1.165, 1.54) is 0 Å². The number of hydrogen-bond acceptors (Lipinski definition) is 3. The Morgan fingerprint density at radius 3 is 2.65 bits per heavy atom. The van der Waals surface area contributed by atoms with Crippen LogP contribution in [0.1, 0.15) is 17.3 Å². The topological polar surface area (TPSA) is 47.6 Å². The van der Waals surface area contributed by atoms with Gasteiger partial charge in [-0.3, -0.25) is 4.79 Å². The first kappa shape index (κ1) is 18.2. The molecule has 2 aromatic rings. The minimum absolute atomic E-state index is 0.310. The van der Waals surface area contributed by atoms with Crippen LogP contribution in [0, 0.1) is 3.57 Å². The summed E-state index contributed by atoms with van der Waals surface area (Å²) in [6, 6.07) is 8.24. The molecule has 1 amide bonds. The molecule has 0 spiro atoms. The molecule has 0 aliphatic carbocycles. The van der Waals surface area contributed by atoms with Gasteiger partial charge in [-0.15, -0.1) is 0 Å². The van der Waals surface area contributed by atoms with Crippen molar-refractivity contribution in [2.45, 2.75) is 6.92 Å². The van der Waals surface area contributed by atoms with Gasteiger partial charge in [-0.25, -0.2) is 0 Å². The lowest BCUT2D eigenvalue weighted by molar-refractivity contribution is 0.102. The molecule has 7 heteroatoms. The van der Waals surface area contributed by atoms with Crippen LogP contribution < -0.4 is 14.8 Å². The molecule has 2 aromatic carbocycles. The van der Waals surface area contributed by atoms with Gasteiger partial charge >= 0.3 is 0 Å². The van der Waals surface area contributed by atoms with Crippen LogP contribution in [-0.4, -0.2) is 19.6 Å². The second-order valence-corrected chi connectivity index (χ2v) is 6.51. The van der Waals surface area contributed by atoms with Crippen molar-refractivity contribution in [3.8, 4) is 11.5 Å². The lowest BCUT2D eigenvalue weighted by atomic mass is 10.2. The van der Waals surface area contributed by atoms with Crippen LogP contribution in [0.15, 0.2) is 30.3 Å². The second kappa shape index (κ2) is 8.08. The van der Waals surface area contributed by atoms with Gasteiger partial charge in [0.05, 0.1) is 28.0 Å². The Morgan fingerprint density at radius 2 is 2.00 bits per heavy atom. The third-order valence-electron chi connectivity index (χ3n) is 2.95. The van der Waals surface area contributed by atoms with Crippen LogP contribution in [0.5, 0.6) is 11.5 Å². The number of methoxy groups -OCH3 is 1. The summed E-state index contributed by atoms with van der Waals surface area (Å²) in [4.78, 5) is 12.5. The summed E-state index contributed by atoms with van der Waals surface area (Å²) in [6.45, 7) is 2.34. The van der Waals surface area contributed by atoms with Crippen LogP contribution in [0.4, 0.5) is 5.69 Å². The molecule has 23 heavy (non-hydrogen) atoms. The van der Waals surface area contributed by atoms with E-state index in [4.69, 9.17) is 32.7 Å². The van der Waals surface area contributed by atoms with E-state index in [0.29, 0.717) is 39.4 Å². The largest absolute Gasteiger partial charge is 0.492 e. The Balaban J connectivity index is 2.34. The van der Waals surface area contributed by atoms with E-state index in [2.05, 4.69) is 27.9 Å². The number of hydrogen-bond donors (Lipinski definition) is 1. The zero-order chi connectivity index (χ0) is 17.0. The second-order valence-electron chi connectivity index (χ2n) is 4.50. The number of ether oxygens (including phenoxy) is 2. The lowest BCUT2D eigenvalue weighted by Gasteiger charge is -2.14. The molecule has 0 bridgehead atoms. The summed E-state index contributed by atoms with van der Waals surface area (Å²) in [5, 5.41) is 3.65. The maximum absolute atomic E-state index is 12.5. The van der Waals surface area contributed by atoms with Crippen molar-refractivity contribution >= 4 is 57.4 Å². The number of halogens is 3. The number of carbonyl (C=O) groups excluding carboxylic acids is 1. The van der Waals surface area contributed by atoms with Gasteiger partial charge in [0, 0.05) is 10.6 Å². The number of rotatable bonds is 5. The highest BCUT2D eigenvalue weighted by Gasteiger charge is 2.16. The standard InChI is InChI=1S/C16H14Cl2INO3/c1-3-23-14-7-9(6-12(19)15(14)22-2)16(21)20-13-8-10(17)4-5-11(13)18/h4-8H,3H2,1-2H3,(H,20,21). The van der Waals surface area contributed by atoms with E-state index in [-0.39, 0.29) is 5.91 Å². The minimum Gasteiger partial charge on any atom is -0.492 e. The van der Waals surface area contributed by atoms with Crippen molar-refractivity contribution < 1.29 is 14.3 Å². The van der Waals surface area contributed by atoms with Gasteiger partial charge in [-0.2, -0.15) is 0 Å². The van der Waals surface area contributed by atoms with Gasteiger partial charge in [-0.1, -0.05) is 23.2 Å². The third-order valence-corrected chi connectivity index (χ3v) is 4.32. The van der Waals surface area contributed by atoms with Crippen LogP contribution in [-0.2, 0) is 0 Å². The summed E-state index contributed by atoms with van der Waals surface area (Å²) in [7, 11) is 1.56. The predicted molar refractivity (Wildman–Crippen MR) is 101 cm³/mol.